The van der Waals surface area contributed by atoms with Crippen molar-refractivity contribution in [1.82, 2.24) is 4.90 Å². The minimum Gasteiger partial charge on any atom is -0.507 e. The van der Waals surface area contributed by atoms with Gasteiger partial charge in [-0.1, -0.05) is 43.3 Å². The fourth-order valence-corrected chi connectivity index (χ4v) is 3.88. The number of Topliss-reactive ketones (excluding diaryl/α,β-unsaturated/α-hetero) is 1. The molecule has 2 aromatic rings. The lowest BCUT2D eigenvalue weighted by molar-refractivity contribution is -0.139. The number of hydrogen-bond donors (Lipinski definition) is 1. The highest BCUT2D eigenvalue weighted by Gasteiger charge is 2.45. The highest BCUT2D eigenvalue weighted by molar-refractivity contribution is 6.46. The van der Waals surface area contributed by atoms with E-state index in [2.05, 4.69) is 0 Å². The number of likely N-dealkylation sites (tertiary alicyclic amines) is 1. The summed E-state index contributed by atoms with van der Waals surface area (Å²) < 4.78 is 5.49. The van der Waals surface area contributed by atoms with Gasteiger partial charge in [-0.2, -0.15) is 0 Å². The van der Waals surface area contributed by atoms with Crippen molar-refractivity contribution in [2.45, 2.75) is 33.2 Å². The van der Waals surface area contributed by atoms with E-state index >= 15 is 0 Å². The summed E-state index contributed by atoms with van der Waals surface area (Å²) in [6.45, 7) is 6.18. The lowest BCUT2D eigenvalue weighted by Crippen LogP contribution is -2.30. The Morgan fingerprint density at radius 2 is 1.82 bits per heavy atom. The Morgan fingerprint density at radius 3 is 2.43 bits per heavy atom. The van der Waals surface area contributed by atoms with Gasteiger partial charge >= 0.3 is 0 Å². The zero-order valence-electron chi connectivity index (χ0n) is 16.7. The molecule has 0 radical (unpaired) electrons. The molecular weight excluding hydrogens is 354 g/mol. The molecule has 146 valence electrons. The van der Waals surface area contributed by atoms with Crippen LogP contribution in [0, 0.1) is 13.8 Å². The summed E-state index contributed by atoms with van der Waals surface area (Å²) in [5.41, 5.74) is 3.10. The molecule has 1 heterocycles. The number of aliphatic hydroxyl groups excluding tert-OH is 1. The van der Waals surface area contributed by atoms with Crippen molar-refractivity contribution >= 4 is 17.4 Å². The lowest BCUT2D eigenvalue weighted by Gasteiger charge is -2.25. The van der Waals surface area contributed by atoms with Crippen LogP contribution in [0.15, 0.2) is 48.0 Å². The molecule has 1 N–H and O–H groups in total. The summed E-state index contributed by atoms with van der Waals surface area (Å²) in [7, 11) is 1.53. The van der Waals surface area contributed by atoms with Crippen LogP contribution in [-0.4, -0.2) is 35.4 Å². The van der Waals surface area contributed by atoms with Crippen LogP contribution in [0.1, 0.15) is 41.6 Å². The van der Waals surface area contributed by atoms with Crippen LogP contribution in [0.2, 0.25) is 0 Å². The van der Waals surface area contributed by atoms with E-state index in [0.29, 0.717) is 24.3 Å². The van der Waals surface area contributed by atoms with Crippen LogP contribution in [0.5, 0.6) is 5.75 Å². The number of nitrogens with zero attached hydrogens (tertiary/aromatic N) is 1. The Morgan fingerprint density at radius 1 is 1.14 bits per heavy atom. The van der Waals surface area contributed by atoms with E-state index in [9.17, 15) is 14.7 Å². The number of carbonyl (C=O) groups is 2. The smallest absolute Gasteiger partial charge is 0.295 e. The van der Waals surface area contributed by atoms with Crippen LogP contribution < -0.4 is 4.74 Å². The van der Waals surface area contributed by atoms with Gasteiger partial charge in [0.2, 0.25) is 0 Å². The minimum atomic E-state index is -0.666. The molecule has 2 aromatic carbocycles. The van der Waals surface area contributed by atoms with Gasteiger partial charge in [0.25, 0.3) is 11.7 Å². The molecule has 1 amide bonds. The maximum Gasteiger partial charge on any atom is 0.295 e. The number of rotatable bonds is 5. The van der Waals surface area contributed by atoms with Crippen molar-refractivity contribution in [3.63, 3.8) is 0 Å². The summed E-state index contributed by atoms with van der Waals surface area (Å²) in [4.78, 5) is 27.2. The molecule has 1 fully saturated rings. The SMILES string of the molecule is CCCN1C(=O)C(=O)/C(=C(/O)c2cc(C)cc(C)c2OC)C1c1ccccc1. The summed E-state index contributed by atoms with van der Waals surface area (Å²) in [5, 5.41) is 11.2. The number of methoxy groups -OCH3 is 1. The quantitative estimate of drug-likeness (QED) is 0.482. The van der Waals surface area contributed by atoms with Gasteiger partial charge in [0.1, 0.15) is 11.5 Å². The molecule has 5 nitrogen and oxygen atoms in total. The number of amides is 1. The number of ketones is 1. The van der Waals surface area contributed by atoms with Gasteiger partial charge in [-0.3, -0.25) is 9.59 Å². The molecule has 28 heavy (non-hydrogen) atoms. The van der Waals surface area contributed by atoms with Crippen molar-refractivity contribution in [3.05, 3.63) is 70.3 Å². The predicted octanol–water partition coefficient (Wildman–Crippen LogP) is 4.14. The van der Waals surface area contributed by atoms with E-state index in [1.807, 2.05) is 57.2 Å². The van der Waals surface area contributed by atoms with Gasteiger partial charge in [0.15, 0.2) is 0 Å². The van der Waals surface area contributed by atoms with E-state index < -0.39 is 17.7 Å². The van der Waals surface area contributed by atoms with Gasteiger partial charge in [-0.15, -0.1) is 0 Å². The number of hydrogen-bond acceptors (Lipinski definition) is 4. The zero-order chi connectivity index (χ0) is 20.4. The van der Waals surface area contributed by atoms with Crippen LogP contribution in [0.4, 0.5) is 0 Å². The van der Waals surface area contributed by atoms with E-state index in [1.54, 1.807) is 11.0 Å². The predicted molar refractivity (Wildman–Crippen MR) is 108 cm³/mol. The first kappa shape index (κ1) is 19.7. The van der Waals surface area contributed by atoms with Gasteiger partial charge < -0.3 is 14.7 Å². The molecular formula is C23H25NO4. The Balaban J connectivity index is 2.27. The van der Waals surface area contributed by atoms with Crippen molar-refractivity contribution in [2.24, 2.45) is 0 Å². The first-order valence-corrected chi connectivity index (χ1v) is 9.39. The van der Waals surface area contributed by atoms with E-state index in [-0.39, 0.29) is 11.3 Å². The van der Waals surface area contributed by atoms with Gasteiger partial charge in [-0.25, -0.2) is 0 Å². The molecule has 1 aliphatic heterocycles. The Hall–Kier alpha value is -3.08. The standard InChI is InChI=1S/C23H25NO4/c1-5-11-24-19(16-9-7-6-8-10-16)18(21(26)23(24)27)20(25)17-13-14(2)12-15(3)22(17)28-4/h6-10,12-13,19,25H,5,11H2,1-4H3/b20-18+. The van der Waals surface area contributed by atoms with Gasteiger partial charge in [0, 0.05) is 6.54 Å². The van der Waals surface area contributed by atoms with E-state index in [0.717, 1.165) is 16.7 Å². The summed E-state index contributed by atoms with van der Waals surface area (Å²) in [6, 6.07) is 12.4. The largest absolute Gasteiger partial charge is 0.507 e. The second kappa shape index (κ2) is 7.89. The highest BCUT2D eigenvalue weighted by Crippen LogP contribution is 2.41. The number of aliphatic hydroxyl groups is 1. The van der Waals surface area contributed by atoms with Crippen LogP contribution in [0.25, 0.3) is 5.76 Å². The normalized spacial score (nSPS) is 18.6. The van der Waals surface area contributed by atoms with E-state index in [1.165, 1.54) is 7.11 Å². The topological polar surface area (TPSA) is 66.8 Å². The minimum absolute atomic E-state index is 0.105. The van der Waals surface area contributed by atoms with Crippen LogP contribution in [0.3, 0.4) is 0 Å². The molecule has 1 atom stereocenters. The molecule has 0 bridgehead atoms. The second-order valence-electron chi connectivity index (χ2n) is 7.07. The highest BCUT2D eigenvalue weighted by atomic mass is 16.5. The zero-order valence-corrected chi connectivity index (χ0v) is 16.7. The number of benzene rings is 2. The Kier molecular flexibility index (Phi) is 5.54. The third-order valence-corrected chi connectivity index (χ3v) is 5.00. The second-order valence-corrected chi connectivity index (χ2v) is 7.07. The monoisotopic (exact) mass is 379 g/mol. The maximum atomic E-state index is 12.9. The van der Waals surface area contributed by atoms with E-state index in [4.69, 9.17) is 4.74 Å². The molecule has 0 aromatic heterocycles. The fraction of sp³-hybridized carbons (Fsp3) is 0.304. The fourth-order valence-electron chi connectivity index (χ4n) is 3.88. The average molecular weight is 379 g/mol. The molecule has 0 aliphatic carbocycles. The van der Waals surface area contributed by atoms with Crippen molar-refractivity contribution in [1.29, 1.82) is 0 Å². The molecule has 3 rings (SSSR count). The van der Waals surface area contributed by atoms with Crippen LogP contribution >= 0.6 is 0 Å². The summed E-state index contributed by atoms with van der Waals surface area (Å²) in [5.74, 6) is -0.951. The first-order valence-electron chi connectivity index (χ1n) is 9.39. The Labute approximate surface area is 165 Å². The average Bonchev–Trinajstić information content (AvgIpc) is 2.93. The summed E-state index contributed by atoms with van der Waals surface area (Å²) >= 11 is 0. The molecule has 1 aliphatic rings. The third kappa shape index (κ3) is 3.28. The number of aryl methyl sites for hydroxylation is 2. The van der Waals surface area contributed by atoms with Gasteiger partial charge in [0.05, 0.1) is 24.3 Å². The molecule has 0 saturated carbocycles. The maximum absolute atomic E-state index is 12.9. The summed E-state index contributed by atoms with van der Waals surface area (Å²) in [6.07, 6.45) is 0.712. The Bertz CT molecular complexity index is 947. The van der Waals surface area contributed by atoms with Crippen LogP contribution in [-0.2, 0) is 9.59 Å². The van der Waals surface area contributed by atoms with Crippen molar-refractivity contribution < 1.29 is 19.4 Å². The molecule has 1 unspecified atom stereocenters. The molecule has 1 saturated heterocycles. The van der Waals surface area contributed by atoms with Crippen molar-refractivity contribution in [3.8, 4) is 5.75 Å². The lowest BCUT2D eigenvalue weighted by atomic mass is 9.93. The number of ether oxygens (including phenoxy) is 1. The number of carbonyl (C=O) groups excluding carboxylic acids is 2. The van der Waals surface area contributed by atoms with Crippen molar-refractivity contribution in [2.75, 3.05) is 13.7 Å². The van der Waals surface area contributed by atoms with Gasteiger partial charge in [-0.05, 0) is 43.0 Å². The molecule has 5 heteroatoms. The third-order valence-electron chi connectivity index (χ3n) is 5.00. The first-order chi connectivity index (χ1) is 13.4. The molecule has 0 spiro atoms.